The van der Waals surface area contributed by atoms with Crippen LogP contribution in [0.15, 0.2) is 18.2 Å². The first-order valence-electron chi connectivity index (χ1n) is 5.70. The number of carbonyl (C=O) groups excluding carboxylic acids is 1. The summed E-state index contributed by atoms with van der Waals surface area (Å²) in [5.74, 6) is -0.00764. The van der Waals surface area contributed by atoms with Gasteiger partial charge in [0.05, 0.1) is 6.61 Å². The molecular formula is C13H17NO2. The third-order valence-electron chi connectivity index (χ3n) is 2.95. The van der Waals surface area contributed by atoms with E-state index in [9.17, 15) is 4.79 Å². The summed E-state index contributed by atoms with van der Waals surface area (Å²) in [5.41, 5.74) is 3.49. The van der Waals surface area contributed by atoms with Gasteiger partial charge in [-0.2, -0.15) is 0 Å². The van der Waals surface area contributed by atoms with Crippen molar-refractivity contribution in [3.63, 3.8) is 0 Å². The van der Waals surface area contributed by atoms with Crippen LogP contribution in [0.25, 0.3) is 0 Å². The molecule has 1 aromatic carbocycles. The molecule has 0 saturated heterocycles. The molecule has 0 radical (unpaired) electrons. The van der Waals surface area contributed by atoms with Gasteiger partial charge in [0.25, 0.3) is 5.91 Å². The normalized spacial score (nSPS) is 13.6. The van der Waals surface area contributed by atoms with Crippen molar-refractivity contribution in [1.82, 2.24) is 5.32 Å². The first-order chi connectivity index (χ1) is 7.81. The van der Waals surface area contributed by atoms with Crippen LogP contribution in [0.4, 0.5) is 0 Å². The smallest absolute Gasteiger partial charge is 0.251 e. The van der Waals surface area contributed by atoms with Crippen molar-refractivity contribution in [3.05, 3.63) is 34.9 Å². The van der Waals surface area contributed by atoms with Gasteiger partial charge >= 0.3 is 0 Å². The van der Waals surface area contributed by atoms with Crippen LogP contribution in [0.5, 0.6) is 0 Å². The van der Waals surface area contributed by atoms with E-state index in [4.69, 9.17) is 4.74 Å². The van der Waals surface area contributed by atoms with Crippen molar-refractivity contribution in [2.75, 3.05) is 20.3 Å². The third kappa shape index (κ3) is 2.42. The van der Waals surface area contributed by atoms with Crippen molar-refractivity contribution in [2.24, 2.45) is 0 Å². The van der Waals surface area contributed by atoms with Gasteiger partial charge in [-0.25, -0.2) is 0 Å². The van der Waals surface area contributed by atoms with Gasteiger partial charge in [0.2, 0.25) is 0 Å². The monoisotopic (exact) mass is 219 g/mol. The van der Waals surface area contributed by atoms with E-state index in [0.29, 0.717) is 13.2 Å². The molecule has 16 heavy (non-hydrogen) atoms. The minimum Gasteiger partial charge on any atom is -0.383 e. The molecule has 0 fully saturated rings. The fourth-order valence-electron chi connectivity index (χ4n) is 2.08. The summed E-state index contributed by atoms with van der Waals surface area (Å²) in [7, 11) is 1.63. The molecule has 0 aromatic heterocycles. The zero-order chi connectivity index (χ0) is 11.4. The Bertz CT molecular complexity index is 388. The molecule has 0 saturated carbocycles. The Labute approximate surface area is 95.8 Å². The number of fused-ring (bicyclic) bond motifs is 1. The summed E-state index contributed by atoms with van der Waals surface area (Å²) in [6, 6.07) is 6.00. The number of hydrogen-bond acceptors (Lipinski definition) is 2. The van der Waals surface area contributed by atoms with Crippen LogP contribution in [0.1, 0.15) is 27.9 Å². The maximum Gasteiger partial charge on any atom is 0.251 e. The van der Waals surface area contributed by atoms with Gasteiger partial charge in [0.15, 0.2) is 0 Å². The van der Waals surface area contributed by atoms with Gasteiger partial charge in [-0.1, -0.05) is 6.07 Å². The SMILES string of the molecule is COCCNC(=O)c1ccc2c(c1)CCC2. The van der Waals surface area contributed by atoms with Crippen LogP contribution in [0, 0.1) is 0 Å². The second-order valence-electron chi connectivity index (χ2n) is 4.09. The van der Waals surface area contributed by atoms with Crippen molar-refractivity contribution in [3.8, 4) is 0 Å². The first kappa shape index (κ1) is 11.1. The summed E-state index contributed by atoms with van der Waals surface area (Å²) in [6.07, 6.45) is 3.47. The number of amides is 1. The molecule has 2 rings (SSSR count). The maximum absolute atomic E-state index is 11.8. The zero-order valence-corrected chi connectivity index (χ0v) is 9.58. The van der Waals surface area contributed by atoms with E-state index < -0.39 is 0 Å². The van der Waals surface area contributed by atoms with Crippen LogP contribution >= 0.6 is 0 Å². The Kier molecular flexibility index (Phi) is 3.57. The van der Waals surface area contributed by atoms with Crippen molar-refractivity contribution >= 4 is 5.91 Å². The lowest BCUT2D eigenvalue weighted by atomic mass is 10.1. The van der Waals surface area contributed by atoms with Crippen LogP contribution in [-0.4, -0.2) is 26.2 Å². The molecule has 0 spiro atoms. The predicted octanol–water partition coefficient (Wildman–Crippen LogP) is 1.55. The summed E-state index contributed by atoms with van der Waals surface area (Å²) in [5, 5.41) is 2.83. The summed E-state index contributed by atoms with van der Waals surface area (Å²) >= 11 is 0. The second kappa shape index (κ2) is 5.12. The van der Waals surface area contributed by atoms with Gasteiger partial charge < -0.3 is 10.1 Å². The fourth-order valence-corrected chi connectivity index (χ4v) is 2.08. The number of carbonyl (C=O) groups is 1. The summed E-state index contributed by atoms with van der Waals surface area (Å²) in [4.78, 5) is 11.8. The summed E-state index contributed by atoms with van der Waals surface area (Å²) < 4.78 is 4.89. The molecule has 3 nitrogen and oxygen atoms in total. The molecule has 1 aliphatic rings. The average Bonchev–Trinajstić information content (AvgIpc) is 2.76. The van der Waals surface area contributed by atoms with E-state index in [0.717, 1.165) is 18.4 Å². The largest absolute Gasteiger partial charge is 0.383 e. The molecule has 1 amide bonds. The Morgan fingerprint density at radius 2 is 2.19 bits per heavy atom. The van der Waals surface area contributed by atoms with E-state index >= 15 is 0 Å². The number of rotatable bonds is 4. The molecule has 0 unspecified atom stereocenters. The minimum atomic E-state index is -0.00764. The van der Waals surface area contributed by atoms with Gasteiger partial charge in [-0.05, 0) is 42.5 Å². The Hall–Kier alpha value is -1.35. The van der Waals surface area contributed by atoms with Gasteiger partial charge in [-0.15, -0.1) is 0 Å². The minimum absolute atomic E-state index is 0.00764. The average molecular weight is 219 g/mol. The molecule has 1 aliphatic carbocycles. The molecule has 0 heterocycles. The molecule has 86 valence electrons. The lowest BCUT2D eigenvalue weighted by Gasteiger charge is -2.06. The maximum atomic E-state index is 11.8. The van der Waals surface area contributed by atoms with Crippen molar-refractivity contribution in [2.45, 2.75) is 19.3 Å². The number of ether oxygens (including phenoxy) is 1. The Morgan fingerprint density at radius 3 is 3.00 bits per heavy atom. The lowest BCUT2D eigenvalue weighted by Crippen LogP contribution is -2.26. The molecular weight excluding hydrogens is 202 g/mol. The number of nitrogens with one attached hydrogen (secondary N) is 1. The van der Waals surface area contributed by atoms with E-state index in [1.165, 1.54) is 17.5 Å². The van der Waals surface area contributed by atoms with E-state index in [2.05, 4.69) is 11.4 Å². The van der Waals surface area contributed by atoms with Gasteiger partial charge in [0, 0.05) is 19.2 Å². The van der Waals surface area contributed by atoms with Gasteiger partial charge in [-0.3, -0.25) is 4.79 Å². The standard InChI is InChI=1S/C13H17NO2/c1-16-8-7-14-13(15)12-6-5-10-3-2-4-11(10)9-12/h5-6,9H,2-4,7-8H2,1H3,(H,14,15). The fraction of sp³-hybridized carbons (Fsp3) is 0.462. The van der Waals surface area contributed by atoms with E-state index in [1.54, 1.807) is 7.11 Å². The van der Waals surface area contributed by atoms with E-state index in [1.807, 2.05) is 12.1 Å². The quantitative estimate of drug-likeness (QED) is 0.780. The molecule has 0 atom stereocenters. The second-order valence-corrected chi connectivity index (χ2v) is 4.09. The molecule has 1 N–H and O–H groups in total. The summed E-state index contributed by atoms with van der Waals surface area (Å²) in [6.45, 7) is 1.11. The highest BCUT2D eigenvalue weighted by Gasteiger charge is 2.13. The predicted molar refractivity (Wildman–Crippen MR) is 62.7 cm³/mol. The van der Waals surface area contributed by atoms with Gasteiger partial charge in [0.1, 0.15) is 0 Å². The molecule has 1 aromatic rings. The van der Waals surface area contributed by atoms with Crippen molar-refractivity contribution < 1.29 is 9.53 Å². The number of benzene rings is 1. The topological polar surface area (TPSA) is 38.3 Å². The van der Waals surface area contributed by atoms with E-state index in [-0.39, 0.29) is 5.91 Å². The lowest BCUT2D eigenvalue weighted by molar-refractivity contribution is 0.0937. The number of hydrogen-bond donors (Lipinski definition) is 1. The van der Waals surface area contributed by atoms with Crippen LogP contribution < -0.4 is 5.32 Å². The highest BCUT2D eigenvalue weighted by molar-refractivity contribution is 5.94. The Morgan fingerprint density at radius 1 is 1.38 bits per heavy atom. The van der Waals surface area contributed by atoms with Crippen molar-refractivity contribution in [1.29, 1.82) is 0 Å². The third-order valence-corrected chi connectivity index (χ3v) is 2.95. The van der Waals surface area contributed by atoms with Crippen LogP contribution in [0.3, 0.4) is 0 Å². The molecule has 0 bridgehead atoms. The molecule has 3 heteroatoms. The Balaban J connectivity index is 2.01. The number of aryl methyl sites for hydroxylation is 2. The zero-order valence-electron chi connectivity index (χ0n) is 9.58. The molecule has 0 aliphatic heterocycles. The highest BCUT2D eigenvalue weighted by atomic mass is 16.5. The highest BCUT2D eigenvalue weighted by Crippen LogP contribution is 2.22. The first-order valence-corrected chi connectivity index (χ1v) is 5.70. The van der Waals surface area contributed by atoms with Crippen LogP contribution in [0.2, 0.25) is 0 Å². The van der Waals surface area contributed by atoms with Crippen LogP contribution in [-0.2, 0) is 17.6 Å². The number of methoxy groups -OCH3 is 1.